The van der Waals surface area contributed by atoms with Crippen molar-refractivity contribution in [1.29, 1.82) is 5.26 Å². The standard InChI is InChI=1S/C14H10N4.C2H6/c1-10-2-4-12(5-3-10)14-17-16-13-8-11(9-15)6-7-18(13)14;1-2/h2-8H,1H3;1-2H3. The van der Waals surface area contributed by atoms with E-state index in [0.717, 1.165) is 11.4 Å². The quantitative estimate of drug-likeness (QED) is 0.674. The van der Waals surface area contributed by atoms with Crippen LogP contribution in [0.15, 0.2) is 42.6 Å². The van der Waals surface area contributed by atoms with E-state index in [1.807, 2.05) is 55.6 Å². The van der Waals surface area contributed by atoms with Crippen LogP contribution in [0.4, 0.5) is 0 Å². The lowest BCUT2D eigenvalue weighted by atomic mass is 10.1. The Hall–Kier alpha value is -2.67. The Kier molecular flexibility index (Phi) is 4.11. The van der Waals surface area contributed by atoms with Crippen LogP contribution in [-0.2, 0) is 0 Å². The molecule has 1 aromatic carbocycles. The zero-order valence-corrected chi connectivity index (χ0v) is 11.8. The highest BCUT2D eigenvalue weighted by Crippen LogP contribution is 2.19. The van der Waals surface area contributed by atoms with Gasteiger partial charge in [0.05, 0.1) is 11.6 Å². The zero-order valence-electron chi connectivity index (χ0n) is 11.8. The fourth-order valence-corrected chi connectivity index (χ4v) is 1.86. The first-order valence-electron chi connectivity index (χ1n) is 6.60. The fourth-order valence-electron chi connectivity index (χ4n) is 1.86. The number of fused-ring (bicyclic) bond motifs is 1. The summed E-state index contributed by atoms with van der Waals surface area (Å²) in [6, 6.07) is 13.7. The van der Waals surface area contributed by atoms with Crippen LogP contribution in [-0.4, -0.2) is 14.6 Å². The third-order valence-corrected chi connectivity index (χ3v) is 2.85. The number of hydrogen-bond acceptors (Lipinski definition) is 3. The molecule has 100 valence electrons. The van der Waals surface area contributed by atoms with Crippen molar-refractivity contribution in [1.82, 2.24) is 14.6 Å². The van der Waals surface area contributed by atoms with E-state index in [2.05, 4.69) is 16.3 Å². The molecule has 2 heterocycles. The highest BCUT2D eigenvalue weighted by molar-refractivity contribution is 5.60. The third kappa shape index (κ3) is 2.52. The van der Waals surface area contributed by atoms with E-state index in [4.69, 9.17) is 5.26 Å². The van der Waals surface area contributed by atoms with Gasteiger partial charge >= 0.3 is 0 Å². The summed E-state index contributed by atoms with van der Waals surface area (Å²) in [7, 11) is 0. The molecule has 0 amide bonds. The summed E-state index contributed by atoms with van der Waals surface area (Å²) < 4.78 is 1.88. The summed E-state index contributed by atoms with van der Waals surface area (Å²) >= 11 is 0. The molecule has 20 heavy (non-hydrogen) atoms. The number of nitrogens with zero attached hydrogens (tertiary/aromatic N) is 4. The molecule has 3 rings (SSSR count). The first-order chi connectivity index (χ1) is 9.78. The van der Waals surface area contributed by atoms with Crippen LogP contribution in [0, 0.1) is 18.3 Å². The van der Waals surface area contributed by atoms with Crippen LogP contribution >= 0.6 is 0 Å². The van der Waals surface area contributed by atoms with Crippen molar-refractivity contribution in [3.8, 4) is 17.5 Å². The average Bonchev–Trinajstić information content (AvgIpc) is 2.93. The Morgan fingerprint density at radius 2 is 1.75 bits per heavy atom. The molecule has 0 bridgehead atoms. The molecular weight excluding hydrogens is 248 g/mol. The maximum atomic E-state index is 8.84. The Morgan fingerprint density at radius 1 is 1.05 bits per heavy atom. The smallest absolute Gasteiger partial charge is 0.168 e. The lowest BCUT2D eigenvalue weighted by Crippen LogP contribution is -1.89. The maximum absolute atomic E-state index is 8.84. The molecule has 3 aromatic rings. The SMILES string of the molecule is CC.Cc1ccc(-c2nnc3cc(C#N)ccn23)cc1. The Bertz CT molecular complexity index is 748. The minimum Gasteiger partial charge on any atom is -0.282 e. The molecule has 0 spiro atoms. The predicted octanol–water partition coefficient (Wildman–Crippen LogP) is 3.60. The summed E-state index contributed by atoms with van der Waals surface area (Å²) in [5.74, 6) is 0.787. The van der Waals surface area contributed by atoms with E-state index in [-0.39, 0.29) is 0 Å². The average molecular weight is 264 g/mol. The van der Waals surface area contributed by atoms with Crippen molar-refractivity contribution in [3.63, 3.8) is 0 Å². The van der Waals surface area contributed by atoms with E-state index in [1.54, 1.807) is 12.1 Å². The Morgan fingerprint density at radius 3 is 2.40 bits per heavy atom. The van der Waals surface area contributed by atoms with Crippen LogP contribution in [0.25, 0.3) is 17.0 Å². The zero-order chi connectivity index (χ0) is 14.5. The molecule has 0 saturated carbocycles. The minimum absolute atomic E-state index is 0.588. The molecule has 0 saturated heterocycles. The molecule has 0 atom stereocenters. The normalized spacial score (nSPS) is 9.70. The van der Waals surface area contributed by atoms with Crippen molar-refractivity contribution < 1.29 is 0 Å². The van der Waals surface area contributed by atoms with Crippen LogP contribution in [0.2, 0.25) is 0 Å². The number of hydrogen-bond donors (Lipinski definition) is 0. The van der Waals surface area contributed by atoms with Crippen LogP contribution < -0.4 is 0 Å². The van der Waals surface area contributed by atoms with Crippen molar-refractivity contribution in [2.45, 2.75) is 20.8 Å². The molecule has 0 aliphatic carbocycles. The monoisotopic (exact) mass is 264 g/mol. The molecular formula is C16H16N4. The van der Waals surface area contributed by atoms with E-state index >= 15 is 0 Å². The highest BCUT2D eigenvalue weighted by Gasteiger charge is 2.07. The lowest BCUT2D eigenvalue weighted by Gasteiger charge is -2.00. The molecule has 0 aliphatic heterocycles. The van der Waals surface area contributed by atoms with Gasteiger partial charge in [0.15, 0.2) is 11.5 Å². The second kappa shape index (κ2) is 5.98. The van der Waals surface area contributed by atoms with Gasteiger partial charge in [0.1, 0.15) is 0 Å². The highest BCUT2D eigenvalue weighted by atomic mass is 15.2. The molecule has 0 radical (unpaired) electrons. The van der Waals surface area contributed by atoms with Gasteiger partial charge in [-0.05, 0) is 13.0 Å². The van der Waals surface area contributed by atoms with Crippen LogP contribution in [0.1, 0.15) is 25.0 Å². The molecule has 0 N–H and O–H groups in total. The minimum atomic E-state index is 0.588. The third-order valence-electron chi connectivity index (χ3n) is 2.85. The molecule has 4 heteroatoms. The van der Waals surface area contributed by atoms with Gasteiger partial charge in [-0.15, -0.1) is 10.2 Å². The van der Waals surface area contributed by atoms with Crippen LogP contribution in [0.5, 0.6) is 0 Å². The Labute approximate surface area is 118 Å². The van der Waals surface area contributed by atoms with Gasteiger partial charge in [-0.3, -0.25) is 4.40 Å². The number of aromatic nitrogens is 3. The van der Waals surface area contributed by atoms with Gasteiger partial charge in [-0.2, -0.15) is 5.26 Å². The number of benzene rings is 1. The maximum Gasteiger partial charge on any atom is 0.168 e. The number of aryl methyl sites for hydroxylation is 1. The second-order valence-electron chi connectivity index (χ2n) is 4.15. The van der Waals surface area contributed by atoms with Gasteiger partial charge in [0, 0.05) is 17.8 Å². The number of pyridine rings is 1. The van der Waals surface area contributed by atoms with E-state index in [0.29, 0.717) is 11.2 Å². The largest absolute Gasteiger partial charge is 0.282 e. The summed E-state index contributed by atoms with van der Waals surface area (Å²) in [6.45, 7) is 6.05. The second-order valence-corrected chi connectivity index (χ2v) is 4.15. The van der Waals surface area contributed by atoms with Crippen molar-refractivity contribution in [3.05, 3.63) is 53.7 Å². The topological polar surface area (TPSA) is 54.0 Å². The van der Waals surface area contributed by atoms with Gasteiger partial charge in [0.25, 0.3) is 0 Å². The molecule has 0 fully saturated rings. The van der Waals surface area contributed by atoms with Gasteiger partial charge < -0.3 is 0 Å². The number of rotatable bonds is 1. The van der Waals surface area contributed by atoms with E-state index in [9.17, 15) is 0 Å². The van der Waals surface area contributed by atoms with Crippen molar-refractivity contribution >= 4 is 5.65 Å². The summed E-state index contributed by atoms with van der Waals surface area (Å²) in [4.78, 5) is 0. The fraction of sp³-hybridized carbons (Fsp3) is 0.188. The van der Waals surface area contributed by atoms with Gasteiger partial charge in [-0.1, -0.05) is 43.7 Å². The summed E-state index contributed by atoms with van der Waals surface area (Å²) in [5.41, 5.74) is 3.49. The van der Waals surface area contributed by atoms with Gasteiger partial charge in [0.2, 0.25) is 0 Å². The number of nitriles is 1. The molecule has 0 aliphatic rings. The van der Waals surface area contributed by atoms with E-state index in [1.165, 1.54) is 5.56 Å². The van der Waals surface area contributed by atoms with E-state index < -0.39 is 0 Å². The van der Waals surface area contributed by atoms with Crippen molar-refractivity contribution in [2.24, 2.45) is 0 Å². The predicted molar refractivity (Wildman–Crippen MR) is 79.2 cm³/mol. The summed E-state index contributed by atoms with van der Waals surface area (Å²) in [5, 5.41) is 17.1. The Balaban J connectivity index is 0.000000704. The van der Waals surface area contributed by atoms with Crippen molar-refractivity contribution in [2.75, 3.05) is 0 Å². The molecule has 4 nitrogen and oxygen atoms in total. The van der Waals surface area contributed by atoms with Crippen LogP contribution in [0.3, 0.4) is 0 Å². The first-order valence-corrected chi connectivity index (χ1v) is 6.60. The first kappa shape index (κ1) is 13.8. The lowest BCUT2D eigenvalue weighted by molar-refractivity contribution is 1.11. The molecule has 0 unspecified atom stereocenters. The van der Waals surface area contributed by atoms with Gasteiger partial charge in [-0.25, -0.2) is 0 Å². The molecule has 2 aromatic heterocycles. The summed E-state index contributed by atoms with van der Waals surface area (Å²) in [6.07, 6.45) is 1.82.